The first-order chi connectivity index (χ1) is 16.5. The van der Waals surface area contributed by atoms with Crippen molar-refractivity contribution in [1.82, 2.24) is 14.8 Å². The summed E-state index contributed by atoms with van der Waals surface area (Å²) in [4.78, 5) is 29.6. The molecule has 0 bridgehead atoms. The lowest BCUT2D eigenvalue weighted by Crippen LogP contribution is -2.08. The van der Waals surface area contributed by atoms with E-state index in [0.29, 0.717) is 33.5 Å². The van der Waals surface area contributed by atoms with E-state index in [2.05, 4.69) is 5.10 Å². The van der Waals surface area contributed by atoms with Crippen LogP contribution < -0.4 is 0 Å². The highest BCUT2D eigenvalue weighted by atomic mass is 32.1. The molecule has 0 saturated carbocycles. The van der Waals surface area contributed by atoms with Crippen molar-refractivity contribution in [1.29, 1.82) is 0 Å². The third kappa shape index (κ3) is 4.04. The molecule has 0 saturated heterocycles. The minimum Gasteiger partial charge on any atom is -0.457 e. The molecule has 0 spiro atoms. The second kappa shape index (κ2) is 8.87. The molecule has 168 valence electrons. The predicted octanol–water partition coefficient (Wildman–Crippen LogP) is 5.72. The zero-order valence-corrected chi connectivity index (χ0v) is 18.9. The molecule has 0 fully saturated rings. The number of para-hydroxylation sites is 1. The Balaban J connectivity index is 1.58. The summed E-state index contributed by atoms with van der Waals surface area (Å²) in [6, 6.07) is 21.2. The molecule has 5 rings (SSSR count). The minimum atomic E-state index is -0.549. The first kappa shape index (κ1) is 21.5. The van der Waals surface area contributed by atoms with Gasteiger partial charge in [0, 0.05) is 12.1 Å². The van der Waals surface area contributed by atoms with Gasteiger partial charge in [-0.1, -0.05) is 36.4 Å². The number of nitrogens with zero attached hydrogens (tertiary/aromatic N) is 4. The summed E-state index contributed by atoms with van der Waals surface area (Å²) in [5, 5.41) is 18.2. The number of benzene rings is 2. The van der Waals surface area contributed by atoms with Crippen molar-refractivity contribution >= 4 is 34.0 Å². The minimum absolute atomic E-state index is 0.0557. The smallest absolute Gasteiger partial charge is 0.339 e. The average Bonchev–Trinajstić information content (AvgIpc) is 3.51. The number of carbonyl (C=O) groups is 1. The van der Waals surface area contributed by atoms with Crippen LogP contribution in [0.3, 0.4) is 0 Å². The van der Waals surface area contributed by atoms with E-state index in [1.165, 1.54) is 23.5 Å². The lowest BCUT2D eigenvalue weighted by atomic mass is 10.1. The number of nitro benzene ring substituents is 1. The van der Waals surface area contributed by atoms with Crippen LogP contribution in [0, 0.1) is 17.0 Å². The third-order valence-corrected chi connectivity index (χ3v) is 6.19. The molecule has 3 aromatic heterocycles. The summed E-state index contributed by atoms with van der Waals surface area (Å²) in [5.74, 6) is -0.549. The van der Waals surface area contributed by atoms with Crippen molar-refractivity contribution in [2.24, 2.45) is 0 Å². The van der Waals surface area contributed by atoms with Gasteiger partial charge in [0.2, 0.25) is 0 Å². The number of hydrogen-bond donors (Lipinski definition) is 0. The third-order valence-electron chi connectivity index (χ3n) is 5.30. The maximum atomic E-state index is 13.3. The number of fused-ring (bicyclic) bond motifs is 1. The fraction of sp³-hybridized carbons (Fsp3) is 0.0800. The Morgan fingerprint density at radius 1 is 1.09 bits per heavy atom. The number of esters is 1. The van der Waals surface area contributed by atoms with Crippen molar-refractivity contribution in [3.63, 3.8) is 0 Å². The highest BCUT2D eigenvalue weighted by molar-refractivity contribution is 7.13. The van der Waals surface area contributed by atoms with Crippen LogP contribution in [0.5, 0.6) is 0 Å². The number of pyridine rings is 1. The van der Waals surface area contributed by atoms with Crippen LogP contribution in [0.25, 0.3) is 27.3 Å². The van der Waals surface area contributed by atoms with Crippen LogP contribution in [0.1, 0.15) is 21.6 Å². The average molecular weight is 471 g/mol. The van der Waals surface area contributed by atoms with Gasteiger partial charge >= 0.3 is 5.97 Å². The second-order valence-electron chi connectivity index (χ2n) is 7.57. The molecule has 0 atom stereocenters. The molecule has 0 aliphatic rings. The van der Waals surface area contributed by atoms with Gasteiger partial charge in [-0.15, -0.1) is 11.3 Å². The topological polar surface area (TPSA) is 100 Å². The Morgan fingerprint density at radius 2 is 1.91 bits per heavy atom. The molecule has 3 heterocycles. The van der Waals surface area contributed by atoms with E-state index in [9.17, 15) is 14.9 Å². The maximum absolute atomic E-state index is 13.3. The van der Waals surface area contributed by atoms with Crippen LogP contribution >= 0.6 is 11.3 Å². The number of hydrogen-bond acceptors (Lipinski definition) is 7. The Kier molecular flexibility index (Phi) is 5.60. The summed E-state index contributed by atoms with van der Waals surface area (Å²) >= 11 is 1.52. The van der Waals surface area contributed by atoms with E-state index >= 15 is 0 Å². The van der Waals surface area contributed by atoms with Crippen molar-refractivity contribution in [3.8, 4) is 16.3 Å². The monoisotopic (exact) mass is 470 g/mol. The molecule has 0 aliphatic heterocycles. The maximum Gasteiger partial charge on any atom is 0.339 e. The van der Waals surface area contributed by atoms with Gasteiger partial charge in [0.25, 0.3) is 5.69 Å². The molecule has 8 nitrogen and oxygen atoms in total. The van der Waals surface area contributed by atoms with E-state index in [0.717, 1.165) is 10.6 Å². The second-order valence-corrected chi connectivity index (χ2v) is 8.51. The normalized spacial score (nSPS) is 11.0. The Morgan fingerprint density at radius 3 is 2.65 bits per heavy atom. The zero-order chi connectivity index (χ0) is 23.7. The molecule has 2 aromatic carbocycles. The lowest BCUT2D eigenvalue weighted by molar-refractivity contribution is -0.384. The fourth-order valence-corrected chi connectivity index (χ4v) is 4.42. The van der Waals surface area contributed by atoms with Crippen molar-refractivity contribution in [2.75, 3.05) is 0 Å². The molecule has 0 aliphatic carbocycles. The molecule has 0 unspecified atom stereocenters. The standard InChI is InChI=1S/C25H18N4O4S/c1-16-23-20(25(30)33-15-17-7-5-10-19(13-17)29(31)32)14-21(22-11-6-12-34-22)26-24(23)28(27-16)18-8-3-2-4-9-18/h2-14H,15H2,1H3. The Bertz CT molecular complexity index is 1510. The molecular weight excluding hydrogens is 452 g/mol. The van der Waals surface area contributed by atoms with E-state index in [1.807, 2.05) is 54.8 Å². The van der Waals surface area contributed by atoms with Gasteiger partial charge in [0.15, 0.2) is 5.65 Å². The van der Waals surface area contributed by atoms with E-state index in [1.54, 1.807) is 22.9 Å². The SMILES string of the molecule is Cc1nn(-c2ccccc2)c2nc(-c3cccs3)cc(C(=O)OCc3cccc([N+](=O)[O-])c3)c12. The number of carbonyl (C=O) groups excluding carboxylic acids is 1. The van der Waals surface area contributed by atoms with Gasteiger partial charge in [0.1, 0.15) is 6.61 Å². The zero-order valence-electron chi connectivity index (χ0n) is 18.0. The quantitative estimate of drug-likeness (QED) is 0.179. The first-order valence-corrected chi connectivity index (χ1v) is 11.3. The lowest BCUT2D eigenvalue weighted by Gasteiger charge is -2.09. The summed E-state index contributed by atoms with van der Waals surface area (Å²) in [7, 11) is 0. The highest BCUT2D eigenvalue weighted by Crippen LogP contribution is 2.31. The van der Waals surface area contributed by atoms with Crippen LogP contribution in [-0.4, -0.2) is 25.7 Å². The van der Waals surface area contributed by atoms with Gasteiger partial charge in [-0.25, -0.2) is 14.5 Å². The number of aromatic nitrogens is 3. The van der Waals surface area contributed by atoms with Crippen molar-refractivity contribution in [3.05, 3.63) is 105 Å². The number of non-ortho nitro benzene ring substituents is 1. The van der Waals surface area contributed by atoms with Gasteiger partial charge in [0.05, 0.1) is 37.8 Å². The van der Waals surface area contributed by atoms with Crippen LogP contribution in [0.15, 0.2) is 78.2 Å². The van der Waals surface area contributed by atoms with Crippen molar-refractivity contribution < 1.29 is 14.5 Å². The van der Waals surface area contributed by atoms with Gasteiger partial charge in [-0.2, -0.15) is 5.10 Å². The molecular formula is C25H18N4O4S. The molecule has 34 heavy (non-hydrogen) atoms. The Labute approximate surface area is 198 Å². The molecule has 0 radical (unpaired) electrons. The van der Waals surface area contributed by atoms with Gasteiger partial charge in [-0.3, -0.25) is 10.1 Å². The largest absolute Gasteiger partial charge is 0.457 e. The highest BCUT2D eigenvalue weighted by Gasteiger charge is 2.22. The van der Waals surface area contributed by atoms with Gasteiger partial charge < -0.3 is 4.74 Å². The van der Waals surface area contributed by atoms with Crippen LogP contribution in [0.2, 0.25) is 0 Å². The summed E-state index contributed by atoms with van der Waals surface area (Å²) in [6.07, 6.45) is 0. The molecule has 5 aromatic rings. The number of thiophene rings is 1. The van der Waals surface area contributed by atoms with E-state index in [-0.39, 0.29) is 12.3 Å². The van der Waals surface area contributed by atoms with Crippen LogP contribution in [-0.2, 0) is 11.3 Å². The van der Waals surface area contributed by atoms with E-state index < -0.39 is 10.9 Å². The predicted molar refractivity (Wildman–Crippen MR) is 129 cm³/mol. The fourth-order valence-electron chi connectivity index (χ4n) is 3.74. The number of rotatable bonds is 6. The summed E-state index contributed by atoms with van der Waals surface area (Å²) < 4.78 is 7.30. The first-order valence-electron chi connectivity index (χ1n) is 10.4. The van der Waals surface area contributed by atoms with Crippen LogP contribution in [0.4, 0.5) is 5.69 Å². The summed E-state index contributed by atoms with van der Waals surface area (Å²) in [6.45, 7) is 1.73. The summed E-state index contributed by atoms with van der Waals surface area (Å²) in [5.41, 5.74) is 3.49. The molecule has 0 amide bonds. The molecule has 9 heteroatoms. The number of aryl methyl sites for hydroxylation is 1. The molecule has 0 N–H and O–H groups in total. The number of ether oxygens (including phenoxy) is 1. The van der Waals surface area contributed by atoms with Gasteiger partial charge in [-0.05, 0) is 42.1 Å². The number of nitro groups is 1. The van der Waals surface area contributed by atoms with Crippen molar-refractivity contribution in [2.45, 2.75) is 13.5 Å². The van der Waals surface area contributed by atoms with E-state index in [4.69, 9.17) is 9.72 Å². The Hall–Kier alpha value is -4.37.